The highest BCUT2D eigenvalue weighted by Gasteiger charge is 2.42. The summed E-state index contributed by atoms with van der Waals surface area (Å²) in [5.74, 6) is -2.53. The molecule has 1 aliphatic heterocycles. The van der Waals surface area contributed by atoms with Crippen LogP contribution in [0.2, 0.25) is 4.34 Å². The number of allylic oxidation sites excluding steroid dienone is 1. The van der Waals surface area contributed by atoms with Crippen LogP contribution in [-0.2, 0) is 24.3 Å². The lowest BCUT2D eigenvalue weighted by molar-refractivity contribution is -0.123. The van der Waals surface area contributed by atoms with Crippen LogP contribution in [0, 0.1) is 5.82 Å². The van der Waals surface area contributed by atoms with Gasteiger partial charge in [-0.15, -0.1) is 11.3 Å². The molecular formula is C24H28ClFN4O6S2. The maximum atomic E-state index is 15.0. The van der Waals surface area contributed by atoms with Crippen molar-refractivity contribution in [3.05, 3.63) is 56.3 Å². The van der Waals surface area contributed by atoms with E-state index in [1.54, 1.807) is 19.1 Å². The molecule has 1 saturated heterocycles. The number of ether oxygens (including phenoxy) is 1. The Morgan fingerprint density at radius 2 is 2.00 bits per heavy atom. The smallest absolute Gasteiger partial charge is 0.253 e. The molecule has 0 saturated carbocycles. The van der Waals surface area contributed by atoms with Crippen molar-refractivity contribution in [1.82, 2.24) is 9.21 Å². The first kappa shape index (κ1) is 29.7. The van der Waals surface area contributed by atoms with Crippen molar-refractivity contribution < 1.29 is 31.9 Å². The third-order valence-electron chi connectivity index (χ3n) is 5.73. The average Bonchev–Trinajstić information content (AvgIpc) is 3.43. The van der Waals surface area contributed by atoms with Gasteiger partial charge < -0.3 is 20.3 Å². The molecule has 0 spiro atoms. The molecule has 2 aromatic rings. The molecule has 10 nitrogen and oxygen atoms in total. The molecule has 0 bridgehead atoms. The Hall–Kier alpha value is -2.84. The third-order valence-corrected chi connectivity index (χ3v) is 8.84. The molecule has 1 unspecified atom stereocenters. The number of amides is 3. The van der Waals surface area contributed by atoms with Crippen LogP contribution in [0.15, 0.2) is 35.7 Å². The van der Waals surface area contributed by atoms with Crippen LogP contribution in [0.4, 0.5) is 10.1 Å². The molecule has 1 aromatic carbocycles. The lowest BCUT2D eigenvalue weighted by atomic mass is 10.1. The number of thiophene rings is 1. The number of benzene rings is 1. The summed E-state index contributed by atoms with van der Waals surface area (Å²) in [6, 6.07) is 5.96. The highest BCUT2D eigenvalue weighted by atomic mass is 35.5. The van der Waals surface area contributed by atoms with E-state index in [0.717, 1.165) is 20.7 Å². The Morgan fingerprint density at radius 1 is 1.29 bits per heavy atom. The summed E-state index contributed by atoms with van der Waals surface area (Å²) in [5, 5.41) is 1.04. The van der Waals surface area contributed by atoms with Crippen LogP contribution in [0.25, 0.3) is 5.57 Å². The first-order chi connectivity index (χ1) is 17.8. The molecule has 14 heteroatoms. The summed E-state index contributed by atoms with van der Waals surface area (Å²) in [6.07, 6.45) is 0.0867. The maximum Gasteiger partial charge on any atom is 0.253 e. The number of hydrogen-bond acceptors (Lipinski definition) is 7. The Labute approximate surface area is 229 Å². The number of rotatable bonds is 11. The number of primary amides is 1. The second kappa shape index (κ2) is 12.3. The summed E-state index contributed by atoms with van der Waals surface area (Å²) in [7, 11) is -1.10. The molecule has 0 radical (unpaired) electrons. The van der Waals surface area contributed by atoms with Crippen LogP contribution >= 0.6 is 22.9 Å². The largest absolute Gasteiger partial charge is 0.370 e. The molecule has 1 aromatic heterocycles. The van der Waals surface area contributed by atoms with Gasteiger partial charge in [-0.25, -0.2) is 12.8 Å². The summed E-state index contributed by atoms with van der Waals surface area (Å²) in [4.78, 5) is 39.7. The van der Waals surface area contributed by atoms with E-state index in [-0.39, 0.29) is 37.4 Å². The van der Waals surface area contributed by atoms with Crippen molar-refractivity contribution in [2.24, 2.45) is 5.73 Å². The zero-order valence-electron chi connectivity index (χ0n) is 21.0. The van der Waals surface area contributed by atoms with E-state index in [1.165, 1.54) is 42.5 Å². The van der Waals surface area contributed by atoms with Crippen LogP contribution in [0.5, 0.6) is 0 Å². The number of halogens is 2. The minimum Gasteiger partial charge on any atom is -0.370 e. The average molecular weight is 587 g/mol. The maximum absolute atomic E-state index is 15.0. The van der Waals surface area contributed by atoms with Crippen molar-refractivity contribution in [1.29, 1.82) is 0 Å². The van der Waals surface area contributed by atoms with Gasteiger partial charge >= 0.3 is 0 Å². The Balaban J connectivity index is 1.89. The number of sulfonamides is 1. The molecule has 0 aliphatic carbocycles. The predicted octanol–water partition coefficient (Wildman–Crippen LogP) is 2.54. The zero-order chi connectivity index (χ0) is 28.2. The number of carbonyl (C=O) groups is 3. The number of nitrogens with zero attached hydrogens (tertiary/aromatic N) is 3. The number of hydrogen-bond donors (Lipinski definition) is 1. The number of carbonyl (C=O) groups excluding carboxylic acids is 3. The highest BCUT2D eigenvalue weighted by Crippen LogP contribution is 2.31. The Morgan fingerprint density at radius 3 is 2.58 bits per heavy atom. The summed E-state index contributed by atoms with van der Waals surface area (Å²) < 4.78 is 48.5. The van der Waals surface area contributed by atoms with Crippen molar-refractivity contribution in [2.75, 3.05) is 45.3 Å². The number of anilines is 1. The van der Waals surface area contributed by atoms with Gasteiger partial charge in [0.2, 0.25) is 21.8 Å². The van der Waals surface area contributed by atoms with Crippen molar-refractivity contribution in [2.45, 2.75) is 19.4 Å². The second-order valence-corrected chi connectivity index (χ2v) is 12.2. The zero-order valence-corrected chi connectivity index (χ0v) is 23.4. The molecule has 1 fully saturated rings. The predicted molar refractivity (Wildman–Crippen MR) is 144 cm³/mol. The summed E-state index contributed by atoms with van der Waals surface area (Å²) in [6.45, 7) is 0.812. The molecule has 1 aliphatic rings. The van der Waals surface area contributed by atoms with Crippen molar-refractivity contribution in [3.8, 4) is 0 Å². The molecule has 1 atom stereocenters. The fourth-order valence-electron chi connectivity index (χ4n) is 3.95. The fourth-order valence-corrected chi connectivity index (χ4v) is 6.63. The Kier molecular flexibility index (Phi) is 9.65. The van der Waals surface area contributed by atoms with Gasteiger partial charge in [0.25, 0.3) is 5.91 Å². The highest BCUT2D eigenvalue weighted by molar-refractivity contribution is 7.92. The fraction of sp³-hybridized carbons (Fsp3) is 0.375. The van der Waals surface area contributed by atoms with Gasteiger partial charge in [0, 0.05) is 37.6 Å². The van der Waals surface area contributed by atoms with Crippen LogP contribution in [0.1, 0.15) is 28.6 Å². The molecule has 2 heterocycles. The van der Waals surface area contributed by atoms with Gasteiger partial charge in [-0.3, -0.25) is 14.4 Å². The standard InChI is InChI=1S/C24H28ClFN4O6S2/c1-15(20-6-7-21(25)37-20)14-38(34,35)30(10-11-36-13-22(27)31)19-8-9-29(24(19)33)18-5-4-16(12-17(18)26)23(32)28(2)3/h4-7,12,14,19H,8-11,13H2,1-3H3,(H2,27,31)/b15-14+. The van der Waals surface area contributed by atoms with Gasteiger partial charge in [0.15, 0.2) is 0 Å². The lowest BCUT2D eigenvalue weighted by Gasteiger charge is -2.26. The van der Waals surface area contributed by atoms with Crippen LogP contribution in [-0.4, -0.2) is 81.8 Å². The first-order valence-corrected chi connectivity index (χ1v) is 14.2. The Bertz CT molecular complexity index is 1360. The molecule has 3 rings (SSSR count). The molecule has 38 heavy (non-hydrogen) atoms. The first-order valence-electron chi connectivity index (χ1n) is 11.5. The molecule has 3 amide bonds. The van der Waals surface area contributed by atoms with E-state index in [2.05, 4.69) is 0 Å². The SMILES string of the molecule is C/C(=C\S(=O)(=O)N(CCOCC(N)=O)C1CCN(c2ccc(C(=O)N(C)C)cc2F)C1=O)c1ccc(Cl)s1. The third kappa shape index (κ3) is 6.97. The van der Waals surface area contributed by atoms with Gasteiger partial charge in [-0.1, -0.05) is 11.6 Å². The van der Waals surface area contributed by atoms with E-state index >= 15 is 0 Å². The number of nitrogens with two attached hydrogens (primary N) is 1. The molecule has 206 valence electrons. The summed E-state index contributed by atoms with van der Waals surface area (Å²) in [5.41, 5.74) is 5.55. The van der Waals surface area contributed by atoms with Gasteiger partial charge in [-0.2, -0.15) is 4.31 Å². The normalized spacial score (nSPS) is 16.4. The minimum atomic E-state index is -4.17. The van der Waals surface area contributed by atoms with E-state index in [1.807, 2.05) is 0 Å². The van der Waals surface area contributed by atoms with E-state index < -0.39 is 46.2 Å². The van der Waals surface area contributed by atoms with Gasteiger partial charge in [0.05, 0.1) is 22.0 Å². The van der Waals surface area contributed by atoms with Gasteiger partial charge in [0.1, 0.15) is 18.5 Å². The molecule has 2 N–H and O–H groups in total. The van der Waals surface area contributed by atoms with E-state index in [0.29, 0.717) is 14.8 Å². The lowest BCUT2D eigenvalue weighted by Crippen LogP contribution is -2.46. The minimum absolute atomic E-state index is 0.0544. The monoisotopic (exact) mass is 586 g/mol. The van der Waals surface area contributed by atoms with E-state index in [9.17, 15) is 27.2 Å². The van der Waals surface area contributed by atoms with Gasteiger partial charge in [-0.05, 0) is 49.2 Å². The van der Waals surface area contributed by atoms with E-state index in [4.69, 9.17) is 22.1 Å². The van der Waals surface area contributed by atoms with Crippen LogP contribution < -0.4 is 10.6 Å². The second-order valence-electron chi connectivity index (χ2n) is 8.74. The van der Waals surface area contributed by atoms with Crippen LogP contribution in [0.3, 0.4) is 0 Å². The quantitative estimate of drug-likeness (QED) is 0.403. The van der Waals surface area contributed by atoms with Crippen molar-refractivity contribution >= 4 is 61.9 Å². The summed E-state index contributed by atoms with van der Waals surface area (Å²) >= 11 is 7.18. The molecular weight excluding hydrogens is 559 g/mol. The van der Waals surface area contributed by atoms with Crippen molar-refractivity contribution in [3.63, 3.8) is 0 Å². The topological polar surface area (TPSA) is 130 Å².